The second-order valence-electron chi connectivity index (χ2n) is 4.40. The minimum atomic E-state index is -0.265. The molecule has 0 saturated carbocycles. The zero-order chi connectivity index (χ0) is 14.0. The van der Waals surface area contributed by atoms with Gasteiger partial charge in [0.05, 0.1) is 11.7 Å². The summed E-state index contributed by atoms with van der Waals surface area (Å²) in [6, 6.07) is 7.96. The van der Waals surface area contributed by atoms with Gasteiger partial charge in [-0.05, 0) is 25.1 Å². The van der Waals surface area contributed by atoms with E-state index in [1.165, 1.54) is 16.7 Å². The zero-order valence-electron chi connectivity index (χ0n) is 10.7. The van der Waals surface area contributed by atoms with Gasteiger partial charge in [-0.15, -0.1) is 0 Å². The van der Waals surface area contributed by atoms with Crippen LogP contribution in [0.3, 0.4) is 0 Å². The summed E-state index contributed by atoms with van der Waals surface area (Å²) in [5, 5.41) is 3.17. The number of anilines is 1. The van der Waals surface area contributed by atoms with Gasteiger partial charge in [0.25, 0.3) is 0 Å². The molecule has 1 heterocycles. The molecule has 100 valence electrons. The molecular weight excluding hydrogens is 311 g/mol. The van der Waals surface area contributed by atoms with Gasteiger partial charge in [0.1, 0.15) is 5.82 Å². The lowest BCUT2D eigenvalue weighted by Crippen LogP contribution is -2.16. The van der Waals surface area contributed by atoms with Gasteiger partial charge < -0.3 is 9.88 Å². The number of aryl methyl sites for hydroxylation is 1. The molecule has 1 unspecified atom stereocenters. The highest BCUT2D eigenvalue weighted by Crippen LogP contribution is 2.23. The Labute approximate surface area is 119 Å². The van der Waals surface area contributed by atoms with Crippen LogP contribution in [0.1, 0.15) is 18.5 Å². The topological polar surface area (TPSA) is 34.0 Å². The van der Waals surface area contributed by atoms with Crippen LogP contribution in [-0.4, -0.2) is 4.57 Å². The highest BCUT2D eigenvalue weighted by atomic mass is 79.9. The highest BCUT2D eigenvalue weighted by Gasteiger charge is 2.11. The Kier molecular flexibility index (Phi) is 4.04. The van der Waals surface area contributed by atoms with Crippen molar-refractivity contribution in [2.24, 2.45) is 7.05 Å². The number of aromatic nitrogens is 1. The standard InChI is InChI=1S/C14H14BrFN2O/c1-9(12-5-3-10(15)7-13(12)16)17-11-4-6-14(19)18(2)8-11/h3-9,17H,1-2H3. The van der Waals surface area contributed by atoms with Gasteiger partial charge in [-0.25, -0.2) is 4.39 Å². The quantitative estimate of drug-likeness (QED) is 0.938. The molecule has 0 aliphatic heterocycles. The Morgan fingerprint density at radius 1 is 1.32 bits per heavy atom. The molecule has 0 bridgehead atoms. The van der Waals surface area contributed by atoms with Crippen molar-refractivity contribution < 1.29 is 4.39 Å². The first kappa shape index (κ1) is 13.8. The summed E-state index contributed by atoms with van der Waals surface area (Å²) in [6.45, 7) is 1.87. The number of nitrogens with zero attached hydrogens (tertiary/aromatic N) is 1. The van der Waals surface area contributed by atoms with Crippen LogP contribution in [0.5, 0.6) is 0 Å². The van der Waals surface area contributed by atoms with E-state index < -0.39 is 0 Å². The van der Waals surface area contributed by atoms with E-state index in [1.807, 2.05) is 6.92 Å². The lowest BCUT2D eigenvalue weighted by molar-refractivity contribution is 0.599. The summed E-state index contributed by atoms with van der Waals surface area (Å²) in [4.78, 5) is 11.3. The molecule has 5 heteroatoms. The Bertz CT molecular complexity index is 654. The Hall–Kier alpha value is -1.62. The van der Waals surface area contributed by atoms with E-state index in [1.54, 1.807) is 31.4 Å². The van der Waals surface area contributed by atoms with E-state index >= 15 is 0 Å². The highest BCUT2D eigenvalue weighted by molar-refractivity contribution is 9.10. The number of hydrogen-bond acceptors (Lipinski definition) is 2. The van der Waals surface area contributed by atoms with Crippen LogP contribution in [0.4, 0.5) is 10.1 Å². The Morgan fingerprint density at radius 2 is 2.05 bits per heavy atom. The van der Waals surface area contributed by atoms with E-state index in [0.29, 0.717) is 10.0 Å². The Balaban J connectivity index is 2.22. The summed E-state index contributed by atoms with van der Waals surface area (Å²) in [7, 11) is 1.68. The van der Waals surface area contributed by atoms with Gasteiger partial charge in [0, 0.05) is 29.3 Å². The number of nitrogens with one attached hydrogen (secondary N) is 1. The second kappa shape index (κ2) is 5.57. The summed E-state index contributed by atoms with van der Waals surface area (Å²) < 4.78 is 16.0. The Morgan fingerprint density at radius 3 is 2.68 bits per heavy atom. The van der Waals surface area contributed by atoms with Crippen molar-refractivity contribution in [3.63, 3.8) is 0 Å². The molecule has 3 nitrogen and oxygen atoms in total. The molecule has 0 spiro atoms. The maximum atomic E-state index is 13.8. The molecule has 0 amide bonds. The van der Waals surface area contributed by atoms with E-state index in [4.69, 9.17) is 0 Å². The van der Waals surface area contributed by atoms with Gasteiger partial charge in [-0.2, -0.15) is 0 Å². The van der Waals surface area contributed by atoms with Gasteiger partial charge in [-0.1, -0.05) is 22.0 Å². The average Bonchev–Trinajstić information content (AvgIpc) is 2.33. The number of halogens is 2. The van der Waals surface area contributed by atoms with Crippen LogP contribution in [0.2, 0.25) is 0 Å². The van der Waals surface area contributed by atoms with E-state index in [2.05, 4.69) is 21.2 Å². The van der Waals surface area contributed by atoms with Crippen LogP contribution < -0.4 is 10.9 Å². The number of pyridine rings is 1. The summed E-state index contributed by atoms with van der Waals surface area (Å²) in [6.07, 6.45) is 1.69. The van der Waals surface area contributed by atoms with Gasteiger partial charge in [0.15, 0.2) is 0 Å². The molecular formula is C14H14BrFN2O. The molecule has 1 N–H and O–H groups in total. The molecule has 1 atom stereocenters. The third-order valence-electron chi connectivity index (χ3n) is 2.90. The van der Waals surface area contributed by atoms with E-state index in [0.717, 1.165) is 5.69 Å². The SMILES string of the molecule is CC(Nc1ccc(=O)n(C)c1)c1ccc(Br)cc1F. The minimum absolute atomic E-state index is 0.0759. The second-order valence-corrected chi connectivity index (χ2v) is 5.31. The average molecular weight is 325 g/mol. The van der Waals surface area contributed by atoms with Gasteiger partial charge in [-0.3, -0.25) is 4.79 Å². The lowest BCUT2D eigenvalue weighted by atomic mass is 10.1. The van der Waals surface area contributed by atoms with Crippen LogP contribution in [0.25, 0.3) is 0 Å². The van der Waals surface area contributed by atoms with Crippen molar-refractivity contribution in [1.82, 2.24) is 4.57 Å². The predicted molar refractivity (Wildman–Crippen MR) is 77.8 cm³/mol. The zero-order valence-corrected chi connectivity index (χ0v) is 12.2. The van der Waals surface area contributed by atoms with Crippen molar-refractivity contribution in [3.05, 3.63) is 62.7 Å². The number of benzene rings is 1. The normalized spacial score (nSPS) is 12.2. The first-order valence-corrected chi connectivity index (χ1v) is 6.65. The van der Waals surface area contributed by atoms with E-state index in [-0.39, 0.29) is 17.4 Å². The molecule has 0 aliphatic carbocycles. The molecule has 0 saturated heterocycles. The van der Waals surface area contributed by atoms with Gasteiger partial charge >= 0.3 is 0 Å². The molecule has 19 heavy (non-hydrogen) atoms. The van der Waals surface area contributed by atoms with Crippen LogP contribution in [0.15, 0.2) is 45.8 Å². The molecule has 0 fully saturated rings. The summed E-state index contributed by atoms with van der Waals surface area (Å²) in [5.41, 5.74) is 1.28. The van der Waals surface area contributed by atoms with Crippen molar-refractivity contribution in [1.29, 1.82) is 0 Å². The number of hydrogen-bond donors (Lipinski definition) is 1. The first-order valence-electron chi connectivity index (χ1n) is 5.85. The lowest BCUT2D eigenvalue weighted by Gasteiger charge is -2.17. The third-order valence-corrected chi connectivity index (χ3v) is 3.39. The summed E-state index contributed by atoms with van der Waals surface area (Å²) >= 11 is 3.23. The molecule has 2 rings (SSSR count). The van der Waals surface area contributed by atoms with Crippen molar-refractivity contribution in [2.45, 2.75) is 13.0 Å². The monoisotopic (exact) mass is 324 g/mol. The van der Waals surface area contributed by atoms with Crippen LogP contribution >= 0.6 is 15.9 Å². The van der Waals surface area contributed by atoms with Crippen molar-refractivity contribution >= 4 is 21.6 Å². The smallest absolute Gasteiger partial charge is 0.250 e. The third kappa shape index (κ3) is 3.23. The first-order chi connectivity index (χ1) is 8.97. The largest absolute Gasteiger partial charge is 0.377 e. The fourth-order valence-corrected chi connectivity index (χ4v) is 2.19. The van der Waals surface area contributed by atoms with Crippen LogP contribution in [-0.2, 0) is 7.05 Å². The molecule has 1 aromatic heterocycles. The minimum Gasteiger partial charge on any atom is -0.377 e. The number of rotatable bonds is 3. The van der Waals surface area contributed by atoms with Crippen molar-refractivity contribution in [3.8, 4) is 0 Å². The molecule has 1 aromatic carbocycles. The maximum absolute atomic E-state index is 13.8. The maximum Gasteiger partial charge on any atom is 0.250 e. The molecule has 0 radical (unpaired) electrons. The summed E-state index contributed by atoms with van der Waals surface area (Å²) in [5.74, 6) is -0.265. The molecule has 0 aliphatic rings. The van der Waals surface area contributed by atoms with Crippen LogP contribution in [0, 0.1) is 5.82 Å². The van der Waals surface area contributed by atoms with E-state index in [9.17, 15) is 9.18 Å². The van der Waals surface area contributed by atoms with Crippen molar-refractivity contribution in [2.75, 3.05) is 5.32 Å². The van der Waals surface area contributed by atoms with Gasteiger partial charge in [0.2, 0.25) is 5.56 Å². The fraction of sp³-hybridized carbons (Fsp3) is 0.214. The predicted octanol–water partition coefficient (Wildman–Crippen LogP) is 3.46. The molecule has 2 aromatic rings. The fourth-order valence-electron chi connectivity index (χ4n) is 1.86.